The summed E-state index contributed by atoms with van der Waals surface area (Å²) in [5.41, 5.74) is 0.327. The summed E-state index contributed by atoms with van der Waals surface area (Å²) in [6, 6.07) is 11.0. The first-order valence-electron chi connectivity index (χ1n) is 18.3. The molecule has 0 radical (unpaired) electrons. The van der Waals surface area contributed by atoms with Crippen molar-refractivity contribution in [2.75, 3.05) is 13.2 Å². The van der Waals surface area contributed by atoms with Gasteiger partial charge in [-0.1, -0.05) is 50.6 Å². The van der Waals surface area contributed by atoms with E-state index < -0.39 is 41.6 Å². The Morgan fingerprint density at radius 1 is 1.07 bits per heavy atom. The zero-order chi connectivity index (χ0) is 39.9. The Morgan fingerprint density at radius 3 is 2.36 bits per heavy atom. The average molecular weight is 776 g/mol. The summed E-state index contributed by atoms with van der Waals surface area (Å²) in [6.45, 7) is 5.88. The SMILES string of the molecule is BC(B)(B)n1ncnc1-c1cc([C@@H](COC(=O)NC2(C(F)(F)F)CC2)N(C(=N)NCCC(C)(C)C)C(=O)c2ccc(-c3cnn(C4CC4)c3)cc2)ccc1Cl. The molecule has 0 saturated heterocycles. The number of amides is 2. The van der Waals surface area contributed by atoms with Gasteiger partial charge in [-0.2, -0.15) is 23.4 Å². The Hall–Kier alpha value is -4.73. The molecule has 6 rings (SSSR count). The fourth-order valence-corrected chi connectivity index (χ4v) is 6.36. The van der Waals surface area contributed by atoms with Gasteiger partial charge in [0.1, 0.15) is 42.0 Å². The van der Waals surface area contributed by atoms with Crippen LogP contribution in [0.4, 0.5) is 18.0 Å². The van der Waals surface area contributed by atoms with Gasteiger partial charge in [0.15, 0.2) is 11.8 Å². The molecule has 19 heteroatoms. The van der Waals surface area contributed by atoms with Crippen molar-refractivity contribution in [1.82, 2.24) is 40.1 Å². The Morgan fingerprint density at radius 2 is 1.76 bits per heavy atom. The van der Waals surface area contributed by atoms with Gasteiger partial charge in [0.2, 0.25) is 0 Å². The topological polar surface area (TPSA) is 143 Å². The fourth-order valence-electron chi connectivity index (χ4n) is 6.16. The Balaban J connectivity index is 1.38. The number of carbonyl (C=O) groups is 2. The van der Waals surface area contributed by atoms with Crippen molar-refractivity contribution in [3.63, 3.8) is 0 Å². The highest BCUT2D eigenvalue weighted by Crippen LogP contribution is 2.49. The quantitative estimate of drug-likeness (QED) is 0.111. The van der Waals surface area contributed by atoms with E-state index in [2.05, 4.69) is 20.5 Å². The number of nitrogens with one attached hydrogen (secondary N) is 3. The number of hydrogen-bond acceptors (Lipinski definition) is 7. The number of carbonyl (C=O) groups excluding carboxylic acids is 2. The fraction of sp³-hybridized carbons (Fsp3) is 0.444. The van der Waals surface area contributed by atoms with Crippen LogP contribution in [0.15, 0.2) is 61.2 Å². The zero-order valence-corrected chi connectivity index (χ0v) is 32.6. The summed E-state index contributed by atoms with van der Waals surface area (Å²) in [6.07, 6.45) is 1.47. The van der Waals surface area contributed by atoms with E-state index in [4.69, 9.17) is 16.3 Å². The van der Waals surface area contributed by atoms with Crippen LogP contribution in [0.1, 0.15) is 80.9 Å². The van der Waals surface area contributed by atoms with Gasteiger partial charge < -0.3 is 15.4 Å². The summed E-state index contributed by atoms with van der Waals surface area (Å²) < 4.78 is 50.4. The number of alkyl halides is 3. The minimum Gasteiger partial charge on any atom is -0.447 e. The van der Waals surface area contributed by atoms with Crippen LogP contribution in [0.25, 0.3) is 22.5 Å². The lowest BCUT2D eigenvalue weighted by Gasteiger charge is -2.33. The van der Waals surface area contributed by atoms with Gasteiger partial charge in [-0.15, -0.1) is 0 Å². The van der Waals surface area contributed by atoms with Crippen LogP contribution in [0.3, 0.4) is 0 Å². The predicted molar refractivity (Wildman–Crippen MR) is 211 cm³/mol. The molecule has 0 spiro atoms. The van der Waals surface area contributed by atoms with E-state index in [-0.39, 0.29) is 29.8 Å². The van der Waals surface area contributed by atoms with E-state index in [0.29, 0.717) is 41.0 Å². The highest BCUT2D eigenvalue weighted by molar-refractivity contribution is 6.56. The van der Waals surface area contributed by atoms with Gasteiger partial charge in [-0.25, -0.2) is 9.78 Å². The van der Waals surface area contributed by atoms with E-state index in [9.17, 15) is 28.2 Å². The highest BCUT2D eigenvalue weighted by atomic mass is 35.5. The maximum Gasteiger partial charge on any atom is 0.411 e. The number of rotatable bonds is 12. The largest absolute Gasteiger partial charge is 0.447 e. The van der Waals surface area contributed by atoms with E-state index in [1.54, 1.807) is 53.3 Å². The molecule has 2 aliphatic rings. The van der Waals surface area contributed by atoms with Crippen molar-refractivity contribution in [1.29, 1.82) is 5.41 Å². The number of guanidine groups is 1. The molecule has 0 aliphatic heterocycles. The molecule has 0 unspecified atom stereocenters. The molecule has 2 heterocycles. The first-order chi connectivity index (χ1) is 25.8. The smallest absolute Gasteiger partial charge is 0.411 e. The van der Waals surface area contributed by atoms with Crippen LogP contribution in [0, 0.1) is 10.8 Å². The van der Waals surface area contributed by atoms with Crippen molar-refractivity contribution in [3.8, 4) is 22.5 Å². The van der Waals surface area contributed by atoms with Gasteiger partial charge in [0, 0.05) is 29.4 Å². The Kier molecular flexibility index (Phi) is 11.0. The van der Waals surface area contributed by atoms with E-state index in [0.717, 1.165) is 28.9 Å². The predicted octanol–water partition coefficient (Wildman–Crippen LogP) is 4.23. The summed E-state index contributed by atoms with van der Waals surface area (Å²) in [5.74, 6) is -0.471. The summed E-state index contributed by atoms with van der Waals surface area (Å²) in [7, 11) is 5.84. The molecular formula is C36H44B3ClF3N9O3. The minimum absolute atomic E-state index is 0.1000. The number of alkyl carbamates (subject to hydrolysis) is 1. The lowest BCUT2D eigenvalue weighted by Crippen LogP contribution is -2.50. The standard InChI is InChI=1S/C36H44B3ClF3N9O3/c1-33(2,3)14-15-45-31(44)51(30(53)22-6-4-21(5-7-22)24-17-47-50(18-24)25-9-10-25)28(19-55-32(54)49-34(12-13-34)35(41,42)43)23-8-11-27(40)26(16-23)29-46-20-48-52(29)36(37,38)39/h4-8,11,16-18,20,25,28H,9-10,12-15,19,37-39H2,1-3H3,(H2,44,45)(H,49,54)/t28-/m1/s1. The molecule has 2 fully saturated rings. The summed E-state index contributed by atoms with van der Waals surface area (Å²) >= 11 is 6.74. The van der Waals surface area contributed by atoms with Crippen LogP contribution in [0.2, 0.25) is 5.02 Å². The van der Waals surface area contributed by atoms with Gasteiger partial charge in [-0.3, -0.25) is 24.5 Å². The Labute approximate surface area is 325 Å². The number of benzene rings is 2. The van der Waals surface area contributed by atoms with Crippen molar-refractivity contribution >= 4 is 53.1 Å². The number of aromatic nitrogens is 5. The van der Waals surface area contributed by atoms with E-state index in [1.807, 2.05) is 60.5 Å². The first-order valence-corrected chi connectivity index (χ1v) is 18.7. The second kappa shape index (κ2) is 15.1. The normalized spacial score (nSPS) is 15.9. The first kappa shape index (κ1) is 40.0. The molecule has 55 heavy (non-hydrogen) atoms. The van der Waals surface area contributed by atoms with Crippen LogP contribution >= 0.6 is 11.6 Å². The average Bonchev–Trinajstić information content (AvgIpc) is 4.00. The molecule has 2 saturated carbocycles. The Bertz CT molecular complexity index is 2050. The maximum absolute atomic E-state index is 14.7. The van der Waals surface area contributed by atoms with Crippen LogP contribution < -0.4 is 10.6 Å². The van der Waals surface area contributed by atoms with Crippen molar-refractivity contribution in [3.05, 3.63) is 77.3 Å². The molecule has 1 atom stereocenters. The van der Waals surface area contributed by atoms with Crippen LogP contribution in [-0.2, 0) is 9.97 Å². The number of nitrogens with zero attached hydrogens (tertiary/aromatic N) is 6. The number of ether oxygens (including phenoxy) is 1. The molecule has 3 N–H and O–H groups in total. The van der Waals surface area contributed by atoms with Crippen molar-refractivity contribution < 1.29 is 27.5 Å². The third-order valence-electron chi connectivity index (χ3n) is 9.73. The van der Waals surface area contributed by atoms with Crippen LogP contribution in [-0.4, -0.2) is 95.8 Å². The van der Waals surface area contributed by atoms with Gasteiger partial charge in [0.25, 0.3) is 5.91 Å². The van der Waals surface area contributed by atoms with Gasteiger partial charge >= 0.3 is 12.3 Å². The molecule has 0 bridgehead atoms. The lowest BCUT2D eigenvalue weighted by molar-refractivity contribution is -0.164. The lowest BCUT2D eigenvalue weighted by atomic mass is 9.49. The van der Waals surface area contributed by atoms with Gasteiger partial charge in [-0.05, 0) is 78.1 Å². The third-order valence-corrected chi connectivity index (χ3v) is 10.1. The third kappa shape index (κ3) is 9.22. The molecule has 12 nitrogen and oxygen atoms in total. The molecular weight excluding hydrogens is 731 g/mol. The van der Waals surface area contributed by atoms with Crippen LogP contribution in [0.5, 0.6) is 0 Å². The summed E-state index contributed by atoms with van der Waals surface area (Å²) in [5, 5.41) is 23.0. The molecule has 2 aliphatic carbocycles. The second-order valence-electron chi connectivity index (χ2n) is 16.5. The van der Waals surface area contributed by atoms with E-state index in [1.165, 1.54) is 6.33 Å². The van der Waals surface area contributed by atoms with Crippen molar-refractivity contribution in [2.45, 2.75) is 81.9 Å². The van der Waals surface area contributed by atoms with Crippen molar-refractivity contribution in [2.24, 2.45) is 5.41 Å². The molecule has 2 amide bonds. The maximum atomic E-state index is 14.7. The number of hydrogen-bond donors (Lipinski definition) is 3. The second-order valence-corrected chi connectivity index (χ2v) is 16.9. The highest BCUT2D eigenvalue weighted by Gasteiger charge is 2.64. The van der Waals surface area contributed by atoms with Gasteiger partial charge in [0.05, 0.1) is 23.3 Å². The summed E-state index contributed by atoms with van der Waals surface area (Å²) in [4.78, 5) is 33.3. The van der Waals surface area contributed by atoms with E-state index >= 15 is 0 Å². The molecule has 2 aromatic carbocycles. The number of halogens is 4. The molecule has 2 aromatic heterocycles. The molecule has 4 aromatic rings. The minimum atomic E-state index is -4.66. The molecule has 288 valence electrons. The zero-order valence-electron chi connectivity index (χ0n) is 31.8. The monoisotopic (exact) mass is 775 g/mol.